The van der Waals surface area contributed by atoms with E-state index in [0.717, 1.165) is 17.8 Å². The Morgan fingerprint density at radius 1 is 0.958 bits per heavy atom. The summed E-state index contributed by atoms with van der Waals surface area (Å²) in [4.78, 5) is 4.23. The lowest BCUT2D eigenvalue weighted by molar-refractivity contribution is 0.156. The molecule has 0 radical (unpaired) electrons. The summed E-state index contributed by atoms with van der Waals surface area (Å²) in [5.74, 6) is 3.61. The Hall–Kier alpha value is -0.270. The van der Waals surface area contributed by atoms with Gasteiger partial charge < -0.3 is 0 Å². The lowest BCUT2D eigenvalue weighted by atomic mass is 9.68. The van der Waals surface area contributed by atoms with Crippen LogP contribution in [-0.2, 0) is 0 Å². The summed E-state index contributed by atoms with van der Waals surface area (Å²) in [7, 11) is 0. The van der Waals surface area contributed by atoms with E-state index in [4.69, 9.17) is 23.2 Å². The third-order valence-corrected chi connectivity index (χ3v) is 7.27. The molecule has 2 aliphatic rings. The fourth-order valence-electron chi connectivity index (χ4n) is 5.02. The molecule has 0 aliphatic heterocycles. The largest absolute Gasteiger partial charge is 0.243 e. The van der Waals surface area contributed by atoms with Crippen LogP contribution in [0.1, 0.15) is 89.0 Å². The van der Waals surface area contributed by atoms with Crippen molar-refractivity contribution in [3.63, 3.8) is 0 Å². The second kappa shape index (κ2) is 8.90. The molecule has 24 heavy (non-hydrogen) atoms. The zero-order chi connectivity index (χ0) is 16.9. The van der Waals surface area contributed by atoms with Gasteiger partial charge in [0, 0.05) is 6.20 Å². The molecular weight excluding hydrogens is 337 g/mol. The third-order valence-electron chi connectivity index (χ3n) is 6.58. The van der Waals surface area contributed by atoms with Crippen LogP contribution in [0.4, 0.5) is 0 Å². The maximum atomic E-state index is 6.14. The van der Waals surface area contributed by atoms with Crippen LogP contribution < -0.4 is 0 Å². The van der Waals surface area contributed by atoms with Crippen LogP contribution in [0.3, 0.4) is 0 Å². The van der Waals surface area contributed by atoms with Crippen LogP contribution in [0.25, 0.3) is 0 Å². The maximum absolute atomic E-state index is 6.14. The van der Waals surface area contributed by atoms with Crippen molar-refractivity contribution in [1.29, 1.82) is 0 Å². The number of hydrogen-bond donors (Lipinski definition) is 0. The Labute approximate surface area is 157 Å². The van der Waals surface area contributed by atoms with E-state index in [1.807, 2.05) is 12.3 Å². The maximum Gasteiger partial charge on any atom is 0.147 e. The van der Waals surface area contributed by atoms with Gasteiger partial charge in [-0.3, -0.25) is 0 Å². The summed E-state index contributed by atoms with van der Waals surface area (Å²) in [6.07, 6.45) is 17.5. The molecule has 1 heterocycles. The van der Waals surface area contributed by atoms with Gasteiger partial charge in [-0.2, -0.15) is 0 Å². The van der Waals surface area contributed by atoms with Crippen LogP contribution in [0.5, 0.6) is 0 Å². The van der Waals surface area contributed by atoms with Gasteiger partial charge in [0.15, 0.2) is 0 Å². The van der Waals surface area contributed by atoms with Crippen molar-refractivity contribution in [2.45, 2.75) is 83.5 Å². The molecule has 2 aliphatic carbocycles. The number of unbranched alkanes of at least 4 members (excludes halogenated alkanes) is 1. The molecule has 0 N–H and O–H groups in total. The first kappa shape index (κ1) is 18.5. The number of aromatic nitrogens is 1. The Balaban J connectivity index is 1.46. The fraction of sp³-hybridized carbons (Fsp3) is 0.762. The Morgan fingerprint density at radius 3 is 2.17 bits per heavy atom. The molecule has 0 amide bonds. The summed E-state index contributed by atoms with van der Waals surface area (Å²) < 4.78 is 0. The summed E-state index contributed by atoms with van der Waals surface area (Å²) >= 11 is 12.1. The average molecular weight is 368 g/mol. The van der Waals surface area contributed by atoms with E-state index >= 15 is 0 Å². The summed E-state index contributed by atoms with van der Waals surface area (Å²) in [6, 6.07) is 2.03. The highest BCUT2D eigenvalue weighted by molar-refractivity contribution is 6.41. The molecular formula is C21H31Cl2N. The quantitative estimate of drug-likeness (QED) is 0.486. The highest BCUT2D eigenvalue weighted by Crippen LogP contribution is 2.44. The molecule has 0 aromatic carbocycles. The normalized spacial score (nSPS) is 31.1. The molecule has 1 nitrogen and oxygen atoms in total. The molecule has 0 saturated heterocycles. The van der Waals surface area contributed by atoms with Crippen LogP contribution >= 0.6 is 23.2 Å². The van der Waals surface area contributed by atoms with Gasteiger partial charge in [0.2, 0.25) is 0 Å². The van der Waals surface area contributed by atoms with Gasteiger partial charge >= 0.3 is 0 Å². The minimum Gasteiger partial charge on any atom is -0.243 e. The van der Waals surface area contributed by atoms with Crippen LogP contribution in [0.2, 0.25) is 10.2 Å². The van der Waals surface area contributed by atoms with E-state index in [1.54, 1.807) is 0 Å². The Bertz CT molecular complexity index is 515. The highest BCUT2D eigenvalue weighted by Gasteiger charge is 2.31. The SMILES string of the molecule is CCCCC1CCC(C2CCC(c3cnc(Cl)c(Cl)c3)CC2)CC1. The number of hydrogen-bond acceptors (Lipinski definition) is 1. The van der Waals surface area contributed by atoms with E-state index in [0.29, 0.717) is 16.1 Å². The second-order valence-corrected chi connectivity index (χ2v) is 8.84. The van der Waals surface area contributed by atoms with Gasteiger partial charge in [-0.15, -0.1) is 0 Å². The molecule has 3 rings (SSSR count). The molecule has 0 atom stereocenters. The number of halogens is 2. The van der Waals surface area contributed by atoms with Crippen molar-refractivity contribution >= 4 is 23.2 Å². The minimum absolute atomic E-state index is 0.425. The highest BCUT2D eigenvalue weighted by atomic mass is 35.5. The van der Waals surface area contributed by atoms with E-state index in [1.165, 1.54) is 76.2 Å². The third kappa shape index (κ3) is 4.67. The van der Waals surface area contributed by atoms with Crippen LogP contribution in [0, 0.1) is 17.8 Å². The summed E-state index contributed by atoms with van der Waals surface area (Å²) in [6.45, 7) is 2.31. The topological polar surface area (TPSA) is 12.9 Å². The van der Waals surface area contributed by atoms with Crippen molar-refractivity contribution < 1.29 is 0 Å². The van der Waals surface area contributed by atoms with E-state index in [-0.39, 0.29) is 0 Å². The monoisotopic (exact) mass is 367 g/mol. The first-order chi connectivity index (χ1) is 11.7. The molecule has 2 saturated carbocycles. The van der Waals surface area contributed by atoms with Crippen molar-refractivity contribution in [2.24, 2.45) is 17.8 Å². The zero-order valence-corrected chi connectivity index (χ0v) is 16.5. The predicted octanol–water partition coefficient (Wildman–Crippen LogP) is 7.66. The number of rotatable bonds is 5. The molecule has 2 fully saturated rings. The molecule has 134 valence electrons. The Morgan fingerprint density at radius 2 is 1.58 bits per heavy atom. The van der Waals surface area contributed by atoms with Gasteiger partial charge in [0.25, 0.3) is 0 Å². The minimum atomic E-state index is 0.425. The Kier molecular flexibility index (Phi) is 6.87. The number of pyridine rings is 1. The molecule has 0 unspecified atom stereocenters. The molecule has 1 aromatic heterocycles. The smallest absolute Gasteiger partial charge is 0.147 e. The van der Waals surface area contributed by atoms with Crippen molar-refractivity contribution in [1.82, 2.24) is 4.98 Å². The van der Waals surface area contributed by atoms with Crippen LogP contribution in [0.15, 0.2) is 12.3 Å². The lowest BCUT2D eigenvalue weighted by Gasteiger charge is -2.38. The van der Waals surface area contributed by atoms with E-state index in [9.17, 15) is 0 Å². The van der Waals surface area contributed by atoms with Crippen molar-refractivity contribution in [2.75, 3.05) is 0 Å². The summed E-state index contributed by atoms with van der Waals surface area (Å²) in [5, 5.41) is 1.02. The van der Waals surface area contributed by atoms with Gasteiger partial charge in [-0.05, 0) is 73.8 Å². The molecule has 3 heteroatoms. The zero-order valence-electron chi connectivity index (χ0n) is 14.9. The van der Waals surface area contributed by atoms with Gasteiger partial charge in [0.05, 0.1) is 5.02 Å². The van der Waals surface area contributed by atoms with E-state index in [2.05, 4.69) is 11.9 Å². The van der Waals surface area contributed by atoms with Crippen molar-refractivity contribution in [3.05, 3.63) is 28.0 Å². The summed E-state index contributed by atoms with van der Waals surface area (Å²) in [5.41, 5.74) is 1.28. The molecule has 0 bridgehead atoms. The van der Waals surface area contributed by atoms with E-state index < -0.39 is 0 Å². The molecule has 1 aromatic rings. The number of nitrogens with zero attached hydrogens (tertiary/aromatic N) is 1. The molecule has 0 spiro atoms. The average Bonchev–Trinajstić information content (AvgIpc) is 2.63. The van der Waals surface area contributed by atoms with Crippen LogP contribution in [-0.4, -0.2) is 4.98 Å². The second-order valence-electron chi connectivity index (χ2n) is 8.08. The van der Waals surface area contributed by atoms with Gasteiger partial charge in [0.1, 0.15) is 5.15 Å². The predicted molar refractivity (Wildman–Crippen MR) is 104 cm³/mol. The van der Waals surface area contributed by atoms with Crippen molar-refractivity contribution in [3.8, 4) is 0 Å². The fourth-order valence-corrected chi connectivity index (χ4v) is 5.30. The lowest BCUT2D eigenvalue weighted by Crippen LogP contribution is -2.25. The first-order valence-corrected chi connectivity index (χ1v) is 10.7. The van der Waals surface area contributed by atoms with Gasteiger partial charge in [-0.1, -0.05) is 62.2 Å². The van der Waals surface area contributed by atoms with Gasteiger partial charge in [-0.25, -0.2) is 4.98 Å². The standard InChI is InChI=1S/C21H31Cl2N/c1-2-3-4-15-5-7-16(8-6-15)17-9-11-18(12-10-17)19-13-20(22)21(23)24-14-19/h13-18H,2-12H2,1H3. The first-order valence-electron chi connectivity index (χ1n) is 9.98.